The molecular formula is C24F12N6O3. The maximum Gasteiger partial charge on any atom is 0.266 e. The molecule has 3 aromatic carbocycles. The second-order valence-electron chi connectivity index (χ2n) is 8.66. The molecule has 228 valence electrons. The normalized spacial score (nSPS) is 12.0. The first-order valence-electron chi connectivity index (χ1n) is 11.4. The zero-order valence-corrected chi connectivity index (χ0v) is 20.4. The fourth-order valence-electron chi connectivity index (χ4n) is 3.99. The first-order valence-corrected chi connectivity index (χ1v) is 11.4. The van der Waals surface area contributed by atoms with Crippen LogP contribution >= 0.6 is 0 Å². The molecule has 0 aliphatic heterocycles. The van der Waals surface area contributed by atoms with Crippen LogP contribution in [0.15, 0.2) is 13.3 Å². The van der Waals surface area contributed by atoms with Gasteiger partial charge in [-0.05, 0) is 0 Å². The van der Waals surface area contributed by atoms with Crippen molar-refractivity contribution in [2.75, 3.05) is 0 Å². The summed E-state index contributed by atoms with van der Waals surface area (Å²) >= 11 is 0. The molecule has 0 amide bonds. The summed E-state index contributed by atoms with van der Waals surface area (Å²) in [4.78, 5) is 21.3. The number of hydrogen-bond acceptors (Lipinski definition) is 9. The summed E-state index contributed by atoms with van der Waals surface area (Å²) in [7, 11) is 0. The number of oxazole rings is 3. The van der Waals surface area contributed by atoms with Crippen LogP contribution in [0.1, 0.15) is 0 Å². The van der Waals surface area contributed by atoms with E-state index in [0.29, 0.717) is 0 Å². The fourth-order valence-corrected chi connectivity index (χ4v) is 3.99. The van der Waals surface area contributed by atoms with Gasteiger partial charge in [0.15, 0.2) is 68.2 Å². The molecule has 0 aliphatic rings. The van der Waals surface area contributed by atoms with Crippen LogP contribution in [0.25, 0.3) is 68.4 Å². The van der Waals surface area contributed by atoms with Gasteiger partial charge in [-0.15, -0.1) is 0 Å². The van der Waals surface area contributed by atoms with Gasteiger partial charge in [-0.25, -0.2) is 54.5 Å². The van der Waals surface area contributed by atoms with Gasteiger partial charge in [-0.3, -0.25) is 0 Å². The Kier molecular flexibility index (Phi) is 5.84. The lowest BCUT2D eigenvalue weighted by atomic mass is 10.3. The largest absolute Gasteiger partial charge is 0.430 e. The minimum atomic E-state index is -2.30. The maximum absolute atomic E-state index is 14.3. The van der Waals surface area contributed by atoms with Crippen molar-refractivity contribution in [3.8, 4) is 35.1 Å². The minimum Gasteiger partial charge on any atom is -0.430 e. The lowest BCUT2D eigenvalue weighted by Crippen LogP contribution is -2.01. The molecule has 7 rings (SSSR count). The second-order valence-corrected chi connectivity index (χ2v) is 8.66. The van der Waals surface area contributed by atoms with Crippen LogP contribution < -0.4 is 0 Å². The number of hydrogen-bond donors (Lipinski definition) is 0. The second kappa shape index (κ2) is 9.37. The molecule has 7 aromatic rings. The average molecular weight is 648 g/mol. The molecular weight excluding hydrogens is 648 g/mol. The van der Waals surface area contributed by atoms with Crippen molar-refractivity contribution in [2.45, 2.75) is 0 Å². The highest BCUT2D eigenvalue weighted by Gasteiger charge is 2.31. The van der Waals surface area contributed by atoms with Crippen molar-refractivity contribution >= 4 is 33.3 Å². The summed E-state index contributed by atoms with van der Waals surface area (Å²) in [5.41, 5.74) is -7.63. The van der Waals surface area contributed by atoms with Gasteiger partial charge >= 0.3 is 0 Å². The van der Waals surface area contributed by atoms with E-state index in [1.807, 2.05) is 0 Å². The monoisotopic (exact) mass is 648 g/mol. The highest BCUT2D eigenvalue weighted by Crippen LogP contribution is 2.35. The molecule has 0 saturated heterocycles. The molecule has 0 fully saturated rings. The first-order chi connectivity index (χ1) is 21.3. The molecule has 4 heterocycles. The molecule has 0 N–H and O–H groups in total. The van der Waals surface area contributed by atoms with E-state index < -0.39 is 138 Å². The van der Waals surface area contributed by atoms with E-state index in [2.05, 4.69) is 29.9 Å². The van der Waals surface area contributed by atoms with Gasteiger partial charge in [-0.2, -0.15) is 28.1 Å². The van der Waals surface area contributed by atoms with Crippen LogP contribution in [0.4, 0.5) is 52.7 Å². The molecule has 21 heteroatoms. The van der Waals surface area contributed by atoms with Gasteiger partial charge in [-0.1, -0.05) is 0 Å². The van der Waals surface area contributed by atoms with E-state index in [4.69, 9.17) is 13.3 Å². The van der Waals surface area contributed by atoms with E-state index in [-0.39, 0.29) is 0 Å². The molecule has 0 bridgehead atoms. The van der Waals surface area contributed by atoms with Crippen molar-refractivity contribution < 1.29 is 65.9 Å². The fraction of sp³-hybridized carbons (Fsp3) is 0. The lowest BCUT2D eigenvalue weighted by Gasteiger charge is -2.01. The van der Waals surface area contributed by atoms with E-state index in [9.17, 15) is 52.7 Å². The van der Waals surface area contributed by atoms with Gasteiger partial charge < -0.3 is 13.3 Å². The Morgan fingerprint density at radius 1 is 0.267 bits per heavy atom. The Bertz CT molecular complexity index is 2030. The number of halogens is 12. The van der Waals surface area contributed by atoms with Gasteiger partial charge in [0.25, 0.3) is 17.7 Å². The summed E-state index contributed by atoms with van der Waals surface area (Å²) in [6, 6.07) is 0. The molecule has 0 aliphatic carbocycles. The average Bonchev–Trinajstić information content (AvgIpc) is 3.80. The zero-order chi connectivity index (χ0) is 32.2. The van der Waals surface area contributed by atoms with Crippen LogP contribution in [0, 0.1) is 69.8 Å². The van der Waals surface area contributed by atoms with Crippen LogP contribution in [-0.4, -0.2) is 29.9 Å². The van der Waals surface area contributed by atoms with Crippen molar-refractivity contribution in [2.24, 2.45) is 0 Å². The lowest BCUT2D eigenvalue weighted by molar-refractivity contribution is 0.410. The molecule has 0 atom stereocenters. The smallest absolute Gasteiger partial charge is 0.266 e. The highest BCUT2D eigenvalue weighted by molar-refractivity contribution is 5.80. The quantitative estimate of drug-likeness (QED) is 0.114. The van der Waals surface area contributed by atoms with Crippen molar-refractivity contribution in [3.05, 3.63) is 69.8 Å². The van der Waals surface area contributed by atoms with Gasteiger partial charge in [0.1, 0.15) is 0 Å². The Morgan fingerprint density at radius 3 is 0.733 bits per heavy atom. The molecule has 0 spiro atoms. The third kappa shape index (κ3) is 3.85. The number of aromatic nitrogens is 6. The van der Waals surface area contributed by atoms with E-state index in [1.165, 1.54) is 0 Å². The Morgan fingerprint density at radius 2 is 0.489 bits per heavy atom. The number of nitrogens with zero attached hydrogens (tertiary/aromatic N) is 6. The molecule has 0 saturated carbocycles. The van der Waals surface area contributed by atoms with E-state index in [0.717, 1.165) is 0 Å². The number of fused-ring (bicyclic) bond motifs is 3. The van der Waals surface area contributed by atoms with Crippen molar-refractivity contribution in [3.63, 3.8) is 0 Å². The van der Waals surface area contributed by atoms with Crippen molar-refractivity contribution in [1.82, 2.24) is 29.9 Å². The van der Waals surface area contributed by atoms with Gasteiger partial charge in [0, 0.05) is 0 Å². The van der Waals surface area contributed by atoms with Crippen molar-refractivity contribution in [1.29, 1.82) is 0 Å². The Hall–Kier alpha value is -5.76. The Balaban J connectivity index is 1.51. The van der Waals surface area contributed by atoms with E-state index >= 15 is 0 Å². The van der Waals surface area contributed by atoms with Crippen LogP contribution in [0.3, 0.4) is 0 Å². The molecule has 4 aromatic heterocycles. The summed E-state index contributed by atoms with van der Waals surface area (Å²) in [6.45, 7) is 0. The number of rotatable bonds is 3. The maximum atomic E-state index is 14.3. The summed E-state index contributed by atoms with van der Waals surface area (Å²) in [5.74, 6) is -32.3. The topological polar surface area (TPSA) is 117 Å². The summed E-state index contributed by atoms with van der Waals surface area (Å²) < 4.78 is 183. The predicted molar refractivity (Wildman–Crippen MR) is 118 cm³/mol. The van der Waals surface area contributed by atoms with Crippen LogP contribution in [-0.2, 0) is 0 Å². The third-order valence-electron chi connectivity index (χ3n) is 6.05. The summed E-state index contributed by atoms with van der Waals surface area (Å²) in [5, 5.41) is 0. The van der Waals surface area contributed by atoms with Gasteiger partial charge in [0.2, 0.25) is 52.4 Å². The standard InChI is InChI=1S/C24F12N6O3/c25-1-4(28)10(34)16-13(7(1)31)37-22(43-16)19-40-20(23-38-14-8(32)2(26)5(29)11(35)17(14)44-23)42-21(41-19)24-39-15-9(33)3(27)6(30)12(36)18(15)45-24. The number of benzene rings is 3. The Labute approximate surface area is 234 Å². The van der Waals surface area contributed by atoms with E-state index in [1.54, 1.807) is 0 Å². The molecule has 0 radical (unpaired) electrons. The minimum absolute atomic E-state index is 1.01. The van der Waals surface area contributed by atoms with Crippen LogP contribution in [0.5, 0.6) is 0 Å². The molecule has 9 nitrogen and oxygen atoms in total. The predicted octanol–water partition coefficient (Wildman–Crippen LogP) is 6.97. The SMILES string of the molecule is Fc1c(F)c(F)c2oc(-c3nc(-c4nc5c(F)c(F)c(F)c(F)c5o4)nc(-c4nc5c(F)c(F)c(F)c(F)c5o4)n3)nc2c1F. The molecule has 0 unspecified atom stereocenters. The first kappa shape index (κ1) is 28.0. The van der Waals surface area contributed by atoms with Crippen LogP contribution in [0.2, 0.25) is 0 Å². The highest BCUT2D eigenvalue weighted by atomic mass is 19.2. The molecule has 45 heavy (non-hydrogen) atoms. The third-order valence-corrected chi connectivity index (χ3v) is 6.05. The van der Waals surface area contributed by atoms with Gasteiger partial charge in [0.05, 0.1) is 0 Å². The zero-order valence-electron chi connectivity index (χ0n) is 20.4. The summed E-state index contributed by atoms with van der Waals surface area (Å²) in [6.07, 6.45) is 0.